The number of rotatable bonds is 18. The smallest absolute Gasteiger partial charge is 0.333 e. The van der Waals surface area contributed by atoms with E-state index in [4.69, 9.17) is 9.47 Å². The first kappa shape index (κ1) is 35.5. The Morgan fingerprint density at radius 3 is 1.87 bits per heavy atom. The molecular formula is C39H48O6. The molecule has 0 heterocycles. The van der Waals surface area contributed by atoms with Crippen molar-refractivity contribution >= 4 is 11.9 Å². The summed E-state index contributed by atoms with van der Waals surface area (Å²) in [5.74, 6) is -0.808. The largest absolute Gasteiger partial charge is 0.462 e. The number of esters is 2. The first-order valence-electron chi connectivity index (χ1n) is 15.9. The van der Waals surface area contributed by atoms with Crippen LogP contribution in [0.2, 0.25) is 0 Å². The van der Waals surface area contributed by atoms with Gasteiger partial charge in [0, 0.05) is 36.7 Å². The Kier molecular flexibility index (Phi) is 14.3. The highest BCUT2D eigenvalue weighted by Gasteiger charge is 2.14. The zero-order valence-corrected chi connectivity index (χ0v) is 27.1. The van der Waals surface area contributed by atoms with Gasteiger partial charge in [-0.15, -0.1) is 0 Å². The molecule has 0 unspecified atom stereocenters. The number of aryl methyl sites for hydroxylation is 3. The summed E-state index contributed by atoms with van der Waals surface area (Å²) in [4.78, 5) is 23.7. The van der Waals surface area contributed by atoms with E-state index in [9.17, 15) is 19.8 Å². The van der Waals surface area contributed by atoms with Crippen molar-refractivity contribution < 1.29 is 29.3 Å². The molecule has 45 heavy (non-hydrogen) atoms. The maximum Gasteiger partial charge on any atom is 0.333 e. The summed E-state index contributed by atoms with van der Waals surface area (Å²) in [6.07, 6.45) is 5.57. The van der Waals surface area contributed by atoms with Crippen LogP contribution in [0.5, 0.6) is 0 Å². The molecule has 0 fully saturated rings. The van der Waals surface area contributed by atoms with Crippen molar-refractivity contribution in [3.63, 3.8) is 0 Å². The number of aliphatic hydroxyl groups excluding tert-OH is 2. The molecule has 3 rings (SSSR count). The van der Waals surface area contributed by atoms with E-state index in [1.165, 1.54) is 22.3 Å². The lowest BCUT2D eigenvalue weighted by Crippen LogP contribution is -2.11. The number of ether oxygens (including phenoxy) is 2. The molecular weight excluding hydrogens is 564 g/mol. The second kappa shape index (κ2) is 18.1. The molecule has 0 aliphatic rings. The van der Waals surface area contributed by atoms with Crippen LogP contribution < -0.4 is 0 Å². The monoisotopic (exact) mass is 612 g/mol. The molecule has 0 radical (unpaired) electrons. The molecule has 0 aromatic heterocycles. The summed E-state index contributed by atoms with van der Waals surface area (Å²) >= 11 is 0. The maximum atomic E-state index is 12.1. The van der Waals surface area contributed by atoms with Crippen LogP contribution in [0, 0.1) is 5.92 Å². The van der Waals surface area contributed by atoms with E-state index < -0.39 is 0 Å². The molecule has 0 spiro atoms. The molecule has 6 nitrogen and oxygen atoms in total. The standard InChI is InChI=1S/C39H48O6/c1-6-32-23-30(9-7-10-31(25-40)26-41)14-18-36(32)37-19-17-34(24-35(37)20-22-45-39(43)28(4)5)33-15-12-29(13-16-33)11-8-21-44-38(42)27(2)3/h12-19,23-24,31,40-41H,2,4,6-11,20-22,25-26H2,1,3,5H3. The van der Waals surface area contributed by atoms with Crippen molar-refractivity contribution in [3.8, 4) is 22.3 Å². The Morgan fingerprint density at radius 1 is 0.689 bits per heavy atom. The fourth-order valence-electron chi connectivity index (χ4n) is 5.24. The van der Waals surface area contributed by atoms with Crippen molar-refractivity contribution in [3.05, 3.63) is 107 Å². The molecule has 2 N–H and O–H groups in total. The van der Waals surface area contributed by atoms with E-state index in [1.807, 2.05) is 0 Å². The SMILES string of the molecule is C=C(C)C(=O)OCCCc1ccc(-c2ccc(-c3ccc(CCCC(CO)CO)cc3CC)c(CCOC(=O)C(=C)C)c2)cc1. The number of carbonyl (C=O) groups is 2. The summed E-state index contributed by atoms with van der Waals surface area (Å²) < 4.78 is 10.7. The molecule has 0 aliphatic heterocycles. The topological polar surface area (TPSA) is 93.1 Å². The van der Waals surface area contributed by atoms with Crippen LogP contribution in [-0.2, 0) is 44.7 Å². The van der Waals surface area contributed by atoms with Gasteiger partial charge in [-0.25, -0.2) is 9.59 Å². The predicted octanol–water partition coefficient (Wildman–Crippen LogP) is 7.22. The van der Waals surface area contributed by atoms with Crippen LogP contribution in [-0.4, -0.2) is 48.6 Å². The first-order chi connectivity index (χ1) is 21.7. The minimum Gasteiger partial charge on any atom is -0.462 e. The predicted molar refractivity (Wildman–Crippen MR) is 181 cm³/mol. The van der Waals surface area contributed by atoms with Crippen LogP contribution in [0.3, 0.4) is 0 Å². The lowest BCUT2D eigenvalue weighted by Gasteiger charge is -2.17. The highest BCUT2D eigenvalue weighted by atomic mass is 16.5. The number of aliphatic hydroxyl groups is 2. The third kappa shape index (κ3) is 10.8. The van der Waals surface area contributed by atoms with E-state index >= 15 is 0 Å². The van der Waals surface area contributed by atoms with Gasteiger partial charge in [-0.05, 0) is 96.9 Å². The van der Waals surface area contributed by atoms with Crippen molar-refractivity contribution in [1.82, 2.24) is 0 Å². The number of hydrogen-bond acceptors (Lipinski definition) is 6. The Bertz CT molecular complexity index is 1450. The molecule has 0 bridgehead atoms. The highest BCUT2D eigenvalue weighted by molar-refractivity contribution is 5.87. The third-order valence-electron chi connectivity index (χ3n) is 7.97. The Hall–Kier alpha value is -4.00. The molecule has 0 aliphatic carbocycles. The van der Waals surface area contributed by atoms with Gasteiger partial charge in [-0.1, -0.05) is 80.7 Å². The normalized spacial score (nSPS) is 11.0. The van der Waals surface area contributed by atoms with Crippen LogP contribution in [0.15, 0.2) is 85.0 Å². The second-order valence-electron chi connectivity index (χ2n) is 11.7. The van der Waals surface area contributed by atoms with Crippen LogP contribution >= 0.6 is 0 Å². The summed E-state index contributed by atoms with van der Waals surface area (Å²) in [5, 5.41) is 18.8. The summed E-state index contributed by atoms with van der Waals surface area (Å²) in [6, 6.07) is 21.5. The van der Waals surface area contributed by atoms with Gasteiger partial charge < -0.3 is 19.7 Å². The van der Waals surface area contributed by atoms with E-state index in [1.54, 1.807) is 13.8 Å². The van der Waals surface area contributed by atoms with E-state index in [-0.39, 0.29) is 37.7 Å². The fourth-order valence-corrected chi connectivity index (χ4v) is 5.24. The number of benzene rings is 3. The van der Waals surface area contributed by atoms with Crippen molar-refractivity contribution in [2.45, 2.75) is 65.7 Å². The van der Waals surface area contributed by atoms with Gasteiger partial charge in [-0.2, -0.15) is 0 Å². The minimum atomic E-state index is -0.388. The highest BCUT2D eigenvalue weighted by Crippen LogP contribution is 2.33. The van der Waals surface area contributed by atoms with Crippen molar-refractivity contribution in [2.24, 2.45) is 5.92 Å². The summed E-state index contributed by atoms with van der Waals surface area (Å²) in [6.45, 7) is 13.4. The molecule has 0 amide bonds. The van der Waals surface area contributed by atoms with Gasteiger partial charge in [0.2, 0.25) is 0 Å². The maximum absolute atomic E-state index is 12.1. The average Bonchev–Trinajstić information content (AvgIpc) is 3.05. The number of carbonyl (C=O) groups excluding carboxylic acids is 2. The lowest BCUT2D eigenvalue weighted by atomic mass is 9.88. The van der Waals surface area contributed by atoms with Crippen LogP contribution in [0.4, 0.5) is 0 Å². The minimum absolute atomic E-state index is 0.00896. The van der Waals surface area contributed by atoms with Gasteiger partial charge in [0.15, 0.2) is 0 Å². The van der Waals surface area contributed by atoms with E-state index in [0.717, 1.165) is 60.8 Å². The Balaban J connectivity index is 1.82. The van der Waals surface area contributed by atoms with Crippen LogP contribution in [0.1, 0.15) is 62.3 Å². The van der Waals surface area contributed by atoms with Crippen LogP contribution in [0.25, 0.3) is 22.3 Å². The molecule has 3 aromatic carbocycles. The van der Waals surface area contributed by atoms with Gasteiger partial charge >= 0.3 is 11.9 Å². The molecule has 3 aromatic rings. The second-order valence-corrected chi connectivity index (χ2v) is 11.7. The molecule has 0 atom stereocenters. The Morgan fingerprint density at radius 2 is 1.24 bits per heavy atom. The zero-order chi connectivity index (χ0) is 32.8. The van der Waals surface area contributed by atoms with Gasteiger partial charge in [-0.3, -0.25) is 0 Å². The van der Waals surface area contributed by atoms with Crippen molar-refractivity contribution in [2.75, 3.05) is 26.4 Å². The van der Waals surface area contributed by atoms with Gasteiger partial charge in [0.05, 0.1) is 13.2 Å². The molecule has 0 saturated carbocycles. The lowest BCUT2D eigenvalue weighted by molar-refractivity contribution is -0.139. The Labute approximate surface area is 268 Å². The fraction of sp³-hybridized carbons (Fsp3) is 0.385. The van der Waals surface area contributed by atoms with E-state index in [2.05, 4.69) is 80.7 Å². The van der Waals surface area contributed by atoms with E-state index in [0.29, 0.717) is 24.2 Å². The first-order valence-corrected chi connectivity index (χ1v) is 15.9. The number of hydrogen-bond donors (Lipinski definition) is 2. The summed E-state index contributed by atoms with van der Waals surface area (Å²) in [7, 11) is 0. The zero-order valence-electron chi connectivity index (χ0n) is 27.1. The third-order valence-corrected chi connectivity index (χ3v) is 7.97. The molecule has 6 heteroatoms. The van der Waals surface area contributed by atoms with Gasteiger partial charge in [0.25, 0.3) is 0 Å². The van der Waals surface area contributed by atoms with Gasteiger partial charge in [0.1, 0.15) is 0 Å². The average molecular weight is 613 g/mol. The summed E-state index contributed by atoms with van der Waals surface area (Å²) in [5.41, 5.74) is 10.0. The molecule has 240 valence electrons. The molecule has 0 saturated heterocycles. The quantitative estimate of drug-likeness (QED) is 0.0895. The van der Waals surface area contributed by atoms with Crippen molar-refractivity contribution in [1.29, 1.82) is 0 Å².